The summed E-state index contributed by atoms with van der Waals surface area (Å²) in [5.74, 6) is -1.54. The number of hydrogen-bond acceptors (Lipinski definition) is 4. The molecule has 2 aromatic carbocycles. The van der Waals surface area contributed by atoms with Crippen molar-refractivity contribution in [2.24, 2.45) is 5.41 Å². The highest BCUT2D eigenvalue weighted by molar-refractivity contribution is 5.93. The molecule has 174 valence electrons. The van der Waals surface area contributed by atoms with Gasteiger partial charge in [0, 0.05) is 13.0 Å². The predicted molar refractivity (Wildman–Crippen MR) is 124 cm³/mol. The van der Waals surface area contributed by atoms with Gasteiger partial charge in [-0.15, -0.1) is 0 Å². The Morgan fingerprint density at radius 2 is 1.58 bits per heavy atom. The normalized spacial score (nSPS) is 16.8. The number of carboxylic acid groups (broad SMARTS) is 1. The van der Waals surface area contributed by atoms with E-state index in [-0.39, 0.29) is 12.5 Å². The quantitative estimate of drug-likeness (QED) is 0.693. The summed E-state index contributed by atoms with van der Waals surface area (Å²) < 4.78 is 5.61. The van der Waals surface area contributed by atoms with Crippen LogP contribution in [-0.2, 0) is 14.3 Å². The summed E-state index contributed by atoms with van der Waals surface area (Å²) in [5, 5.41) is 12.3. The standard InChI is InChI=1S/C26H30N2O5/c1-25(2,3)21(22(29)28(4)26(13-14-26)23(30)31)27-24(32)33-15-20-18-11-7-5-9-16(18)17-10-6-8-12-19(17)20/h5-12,20-21H,13-15H2,1-4H3,(H,27,32)(H,30,31). The van der Waals surface area contributed by atoms with Crippen molar-refractivity contribution in [3.63, 3.8) is 0 Å². The van der Waals surface area contributed by atoms with Crippen molar-refractivity contribution in [3.05, 3.63) is 59.7 Å². The monoisotopic (exact) mass is 450 g/mol. The Balaban J connectivity index is 1.47. The van der Waals surface area contributed by atoms with Crippen LogP contribution >= 0.6 is 0 Å². The van der Waals surface area contributed by atoms with Gasteiger partial charge in [-0.3, -0.25) is 4.79 Å². The zero-order valence-corrected chi connectivity index (χ0v) is 19.4. The number of hydrogen-bond donors (Lipinski definition) is 2. The van der Waals surface area contributed by atoms with Gasteiger partial charge in [-0.25, -0.2) is 9.59 Å². The van der Waals surface area contributed by atoms with E-state index < -0.39 is 35.0 Å². The van der Waals surface area contributed by atoms with Gasteiger partial charge in [0.2, 0.25) is 5.91 Å². The van der Waals surface area contributed by atoms with E-state index in [1.54, 1.807) is 0 Å². The zero-order chi connectivity index (χ0) is 24.0. The van der Waals surface area contributed by atoms with Crippen molar-refractivity contribution in [1.82, 2.24) is 10.2 Å². The summed E-state index contributed by atoms with van der Waals surface area (Å²) in [4.78, 5) is 38.9. The molecule has 2 aromatic rings. The lowest BCUT2D eigenvalue weighted by Gasteiger charge is -2.35. The van der Waals surface area contributed by atoms with E-state index in [2.05, 4.69) is 17.4 Å². The number of carbonyl (C=O) groups is 3. The summed E-state index contributed by atoms with van der Waals surface area (Å²) in [6.45, 7) is 5.62. The molecular formula is C26H30N2O5. The van der Waals surface area contributed by atoms with Crippen molar-refractivity contribution in [2.45, 2.75) is 51.1 Å². The van der Waals surface area contributed by atoms with E-state index in [1.807, 2.05) is 57.2 Å². The molecule has 0 bridgehead atoms. The number of alkyl carbamates (subject to hydrolysis) is 1. The fraction of sp³-hybridized carbons (Fsp3) is 0.423. The first-order valence-electron chi connectivity index (χ1n) is 11.2. The smallest absolute Gasteiger partial charge is 0.407 e. The van der Waals surface area contributed by atoms with Gasteiger partial charge in [0.25, 0.3) is 0 Å². The summed E-state index contributed by atoms with van der Waals surface area (Å²) in [6.07, 6.45) is 0.123. The molecule has 2 amide bonds. The Morgan fingerprint density at radius 3 is 2.03 bits per heavy atom. The Hall–Kier alpha value is -3.35. The van der Waals surface area contributed by atoms with Crippen LogP contribution in [0.4, 0.5) is 4.79 Å². The highest BCUT2D eigenvalue weighted by Crippen LogP contribution is 2.45. The number of aliphatic carboxylic acids is 1. The van der Waals surface area contributed by atoms with E-state index in [4.69, 9.17) is 4.74 Å². The fourth-order valence-electron chi connectivity index (χ4n) is 4.62. The average molecular weight is 451 g/mol. The van der Waals surface area contributed by atoms with Gasteiger partial charge in [-0.05, 0) is 40.5 Å². The highest BCUT2D eigenvalue weighted by atomic mass is 16.5. The zero-order valence-electron chi connectivity index (χ0n) is 19.4. The molecule has 0 spiro atoms. The summed E-state index contributed by atoms with van der Waals surface area (Å²) in [6, 6.07) is 15.2. The Morgan fingerprint density at radius 1 is 1.06 bits per heavy atom. The number of ether oxygens (including phenoxy) is 1. The van der Waals surface area contributed by atoms with Crippen LogP contribution in [0.3, 0.4) is 0 Å². The van der Waals surface area contributed by atoms with Crippen LogP contribution in [0.1, 0.15) is 50.7 Å². The molecule has 4 rings (SSSR count). The molecule has 7 nitrogen and oxygen atoms in total. The van der Waals surface area contributed by atoms with Crippen LogP contribution in [-0.4, -0.2) is 53.2 Å². The largest absolute Gasteiger partial charge is 0.479 e. The number of likely N-dealkylation sites (N-methyl/N-ethyl adjacent to an activating group) is 1. The number of fused-ring (bicyclic) bond motifs is 3. The van der Waals surface area contributed by atoms with Crippen LogP contribution in [0.15, 0.2) is 48.5 Å². The second-order valence-electron chi connectivity index (χ2n) is 10.0. The summed E-state index contributed by atoms with van der Waals surface area (Å²) in [5.41, 5.74) is 2.66. The fourth-order valence-corrected chi connectivity index (χ4v) is 4.62. The van der Waals surface area contributed by atoms with Crippen LogP contribution in [0.5, 0.6) is 0 Å². The lowest BCUT2D eigenvalue weighted by Crippen LogP contribution is -2.58. The van der Waals surface area contributed by atoms with Gasteiger partial charge >= 0.3 is 12.1 Å². The van der Waals surface area contributed by atoms with Crippen LogP contribution < -0.4 is 5.32 Å². The third-order valence-electron chi connectivity index (χ3n) is 6.81. The number of nitrogens with one attached hydrogen (secondary N) is 1. The van der Waals surface area contributed by atoms with Crippen molar-refractivity contribution in [1.29, 1.82) is 0 Å². The number of rotatable bonds is 6. The molecule has 33 heavy (non-hydrogen) atoms. The minimum absolute atomic E-state index is 0.0867. The molecule has 2 aliphatic carbocycles. The summed E-state index contributed by atoms with van der Waals surface area (Å²) >= 11 is 0. The van der Waals surface area contributed by atoms with E-state index in [0.717, 1.165) is 22.3 Å². The van der Waals surface area contributed by atoms with Gasteiger partial charge in [-0.2, -0.15) is 0 Å². The molecule has 1 saturated carbocycles. The Kier molecular flexibility index (Phi) is 5.68. The minimum Gasteiger partial charge on any atom is -0.479 e. The first-order valence-corrected chi connectivity index (χ1v) is 11.2. The molecule has 0 aromatic heterocycles. The van der Waals surface area contributed by atoms with E-state index >= 15 is 0 Å². The van der Waals surface area contributed by atoms with Gasteiger partial charge in [-0.1, -0.05) is 69.3 Å². The molecule has 0 aliphatic heterocycles. The van der Waals surface area contributed by atoms with Crippen molar-refractivity contribution in [3.8, 4) is 11.1 Å². The van der Waals surface area contributed by atoms with Crippen LogP contribution in [0, 0.1) is 5.41 Å². The predicted octanol–water partition coefficient (Wildman–Crippen LogP) is 4.02. The molecule has 0 radical (unpaired) electrons. The number of benzene rings is 2. The number of nitrogens with zero attached hydrogens (tertiary/aromatic N) is 1. The van der Waals surface area contributed by atoms with Crippen LogP contribution in [0.25, 0.3) is 11.1 Å². The number of carbonyl (C=O) groups excluding carboxylic acids is 2. The minimum atomic E-state index is -1.18. The first-order chi connectivity index (χ1) is 15.6. The first kappa shape index (κ1) is 22.8. The van der Waals surface area contributed by atoms with Crippen molar-refractivity contribution < 1.29 is 24.2 Å². The van der Waals surface area contributed by atoms with E-state index in [0.29, 0.717) is 12.8 Å². The Bertz CT molecular complexity index is 1050. The van der Waals surface area contributed by atoms with E-state index in [9.17, 15) is 19.5 Å². The highest BCUT2D eigenvalue weighted by Gasteiger charge is 2.57. The van der Waals surface area contributed by atoms with Gasteiger partial charge in [0.15, 0.2) is 0 Å². The average Bonchev–Trinajstić information content (AvgIpc) is 3.53. The molecule has 2 N–H and O–H groups in total. The second kappa shape index (κ2) is 8.21. The third-order valence-corrected chi connectivity index (χ3v) is 6.81. The summed E-state index contributed by atoms with van der Waals surface area (Å²) in [7, 11) is 1.49. The van der Waals surface area contributed by atoms with Gasteiger partial charge < -0.3 is 20.1 Å². The maximum Gasteiger partial charge on any atom is 0.407 e. The van der Waals surface area contributed by atoms with E-state index in [1.165, 1.54) is 11.9 Å². The van der Waals surface area contributed by atoms with Gasteiger partial charge in [0.1, 0.15) is 18.2 Å². The molecule has 1 fully saturated rings. The number of amides is 2. The molecule has 0 heterocycles. The lowest BCUT2D eigenvalue weighted by atomic mass is 9.85. The molecule has 2 aliphatic rings. The van der Waals surface area contributed by atoms with Crippen molar-refractivity contribution in [2.75, 3.05) is 13.7 Å². The Labute approximate surface area is 193 Å². The second-order valence-corrected chi connectivity index (χ2v) is 10.0. The van der Waals surface area contributed by atoms with Crippen LogP contribution in [0.2, 0.25) is 0 Å². The molecule has 0 saturated heterocycles. The SMILES string of the molecule is CN(C(=O)C(NC(=O)OCC1c2ccccc2-c2ccccc21)C(C)(C)C)C1(C(=O)O)CC1. The van der Waals surface area contributed by atoms with Crippen molar-refractivity contribution >= 4 is 18.0 Å². The maximum atomic E-state index is 13.2. The number of carboxylic acids is 1. The van der Waals surface area contributed by atoms with Gasteiger partial charge in [0.05, 0.1) is 0 Å². The lowest BCUT2D eigenvalue weighted by molar-refractivity contribution is -0.152. The molecule has 1 atom stereocenters. The molecule has 1 unspecified atom stereocenters. The third kappa shape index (κ3) is 4.08. The molecular weight excluding hydrogens is 420 g/mol. The topological polar surface area (TPSA) is 95.9 Å². The maximum absolute atomic E-state index is 13.2. The molecule has 7 heteroatoms.